The number of rotatable bonds is 7. The maximum absolute atomic E-state index is 13.7. The van der Waals surface area contributed by atoms with Crippen molar-refractivity contribution in [3.05, 3.63) is 35.6 Å². The molecule has 0 saturated carbocycles. The lowest BCUT2D eigenvalue weighted by atomic mass is 9.91. The van der Waals surface area contributed by atoms with Crippen LogP contribution in [0.5, 0.6) is 0 Å². The van der Waals surface area contributed by atoms with Gasteiger partial charge in [0.2, 0.25) is 0 Å². The molecular formula is C19H27FN2O3. The Labute approximate surface area is 148 Å². The highest BCUT2D eigenvalue weighted by Gasteiger charge is 2.23. The van der Waals surface area contributed by atoms with Crippen molar-refractivity contribution in [1.82, 2.24) is 10.2 Å². The number of amides is 2. The molecule has 0 radical (unpaired) electrons. The topological polar surface area (TPSA) is 58.6 Å². The van der Waals surface area contributed by atoms with Gasteiger partial charge in [0.05, 0.1) is 13.0 Å². The smallest absolute Gasteiger partial charge is 0.317 e. The Kier molecular flexibility index (Phi) is 7.70. The summed E-state index contributed by atoms with van der Waals surface area (Å²) in [5.41, 5.74) is 0.735. The normalized spacial score (nSPS) is 17.2. The minimum absolute atomic E-state index is 0.139. The Morgan fingerprint density at radius 2 is 2.16 bits per heavy atom. The number of benzene rings is 1. The van der Waals surface area contributed by atoms with Gasteiger partial charge < -0.3 is 15.0 Å². The van der Waals surface area contributed by atoms with Crippen molar-refractivity contribution < 1.29 is 18.7 Å². The number of carbonyl (C=O) groups excluding carboxylic acids is 2. The van der Waals surface area contributed by atoms with E-state index in [2.05, 4.69) is 5.32 Å². The van der Waals surface area contributed by atoms with Crippen LogP contribution in [0.25, 0.3) is 0 Å². The summed E-state index contributed by atoms with van der Waals surface area (Å²) in [5, 5.41) is 2.77. The van der Waals surface area contributed by atoms with Crippen molar-refractivity contribution in [2.24, 2.45) is 5.92 Å². The monoisotopic (exact) mass is 350 g/mol. The maximum Gasteiger partial charge on any atom is 0.317 e. The number of nitrogens with zero attached hydrogens (tertiary/aromatic N) is 1. The van der Waals surface area contributed by atoms with E-state index in [1.54, 1.807) is 17.9 Å². The van der Waals surface area contributed by atoms with Crippen LogP contribution >= 0.6 is 0 Å². The first-order chi connectivity index (χ1) is 12.1. The van der Waals surface area contributed by atoms with Gasteiger partial charge in [-0.2, -0.15) is 0 Å². The van der Waals surface area contributed by atoms with Gasteiger partial charge in [-0.3, -0.25) is 4.79 Å². The lowest BCUT2D eigenvalue weighted by Crippen LogP contribution is -2.46. The molecule has 1 aromatic carbocycles. The van der Waals surface area contributed by atoms with Gasteiger partial charge in [-0.05, 0) is 50.2 Å². The van der Waals surface area contributed by atoms with E-state index >= 15 is 0 Å². The SMILES string of the molecule is CCOC(=O)CCNC(=O)N1CCC[C@@H](CCc2ccccc2F)C1. The lowest BCUT2D eigenvalue weighted by molar-refractivity contribution is -0.142. The number of piperidine rings is 1. The molecule has 0 bridgehead atoms. The highest BCUT2D eigenvalue weighted by atomic mass is 19.1. The highest BCUT2D eigenvalue weighted by Crippen LogP contribution is 2.22. The molecule has 1 fully saturated rings. The van der Waals surface area contributed by atoms with Crippen molar-refractivity contribution in [2.45, 2.75) is 39.0 Å². The molecule has 1 aromatic rings. The van der Waals surface area contributed by atoms with Crippen molar-refractivity contribution in [2.75, 3.05) is 26.2 Å². The van der Waals surface area contributed by atoms with E-state index in [1.807, 2.05) is 12.1 Å². The van der Waals surface area contributed by atoms with Gasteiger partial charge >= 0.3 is 12.0 Å². The average molecular weight is 350 g/mol. The first kappa shape index (κ1) is 19.2. The maximum atomic E-state index is 13.7. The zero-order chi connectivity index (χ0) is 18.1. The molecule has 138 valence electrons. The summed E-state index contributed by atoms with van der Waals surface area (Å²) in [4.78, 5) is 25.3. The highest BCUT2D eigenvalue weighted by molar-refractivity contribution is 5.75. The standard InChI is InChI=1S/C19H27FN2O3/c1-2-25-18(23)11-12-21-19(24)22-13-5-6-15(14-22)9-10-16-7-3-4-8-17(16)20/h3-4,7-8,15H,2,5-6,9-14H2,1H3,(H,21,24)/t15-/m0/s1. The van der Waals surface area contributed by atoms with Crippen LogP contribution in [-0.4, -0.2) is 43.1 Å². The molecule has 0 aromatic heterocycles. The summed E-state index contributed by atoms with van der Waals surface area (Å²) < 4.78 is 18.5. The van der Waals surface area contributed by atoms with Crippen molar-refractivity contribution >= 4 is 12.0 Å². The minimum atomic E-state index is -0.302. The number of carbonyl (C=O) groups is 2. The van der Waals surface area contributed by atoms with Gasteiger partial charge in [0.15, 0.2) is 0 Å². The van der Waals surface area contributed by atoms with E-state index in [4.69, 9.17) is 4.74 Å². The number of aryl methyl sites for hydroxylation is 1. The molecule has 0 spiro atoms. The molecule has 1 saturated heterocycles. The van der Waals surface area contributed by atoms with E-state index in [0.717, 1.165) is 31.4 Å². The van der Waals surface area contributed by atoms with Crippen molar-refractivity contribution in [1.29, 1.82) is 0 Å². The number of hydrogen-bond donors (Lipinski definition) is 1. The fourth-order valence-corrected chi connectivity index (χ4v) is 3.16. The summed E-state index contributed by atoms with van der Waals surface area (Å²) in [7, 11) is 0. The Morgan fingerprint density at radius 1 is 1.36 bits per heavy atom. The first-order valence-electron chi connectivity index (χ1n) is 9.02. The molecule has 5 nitrogen and oxygen atoms in total. The predicted molar refractivity (Wildman–Crippen MR) is 93.7 cm³/mol. The molecule has 0 unspecified atom stereocenters. The van der Waals surface area contributed by atoms with Gasteiger partial charge in [0.25, 0.3) is 0 Å². The third kappa shape index (κ3) is 6.36. The molecule has 25 heavy (non-hydrogen) atoms. The van der Waals surface area contributed by atoms with Crippen LogP contribution < -0.4 is 5.32 Å². The third-order valence-electron chi connectivity index (χ3n) is 4.50. The second kappa shape index (κ2) is 10.0. The molecule has 6 heteroatoms. The molecule has 2 rings (SSSR count). The average Bonchev–Trinajstić information content (AvgIpc) is 2.61. The van der Waals surface area contributed by atoms with E-state index in [-0.39, 0.29) is 30.8 Å². The van der Waals surface area contributed by atoms with Crippen LogP contribution in [0.15, 0.2) is 24.3 Å². The van der Waals surface area contributed by atoms with Crippen LogP contribution in [0, 0.1) is 11.7 Å². The summed E-state index contributed by atoms with van der Waals surface area (Å²) in [6.45, 7) is 3.80. The number of halogens is 1. The second-order valence-corrected chi connectivity index (χ2v) is 6.37. The quantitative estimate of drug-likeness (QED) is 0.769. The zero-order valence-electron chi connectivity index (χ0n) is 14.8. The third-order valence-corrected chi connectivity index (χ3v) is 4.50. The second-order valence-electron chi connectivity index (χ2n) is 6.37. The fraction of sp³-hybridized carbons (Fsp3) is 0.579. The number of esters is 1. The number of urea groups is 1. The predicted octanol–water partition coefficient (Wildman–Crippen LogP) is 3.13. The number of likely N-dealkylation sites (tertiary alicyclic amines) is 1. The van der Waals surface area contributed by atoms with Crippen LogP contribution in [0.4, 0.5) is 9.18 Å². The van der Waals surface area contributed by atoms with E-state index in [9.17, 15) is 14.0 Å². The van der Waals surface area contributed by atoms with Crippen molar-refractivity contribution in [3.8, 4) is 0 Å². The van der Waals surface area contributed by atoms with Gasteiger partial charge in [0, 0.05) is 19.6 Å². The molecule has 0 aliphatic carbocycles. The van der Waals surface area contributed by atoms with Gasteiger partial charge in [-0.15, -0.1) is 0 Å². The molecule has 1 aliphatic heterocycles. The Balaban J connectivity index is 1.73. The molecular weight excluding hydrogens is 323 g/mol. The molecule has 1 atom stereocenters. The summed E-state index contributed by atoms with van der Waals surface area (Å²) in [5.74, 6) is -0.0831. The van der Waals surface area contributed by atoms with E-state index in [0.29, 0.717) is 25.5 Å². The summed E-state index contributed by atoms with van der Waals surface area (Å²) in [6.07, 6.45) is 3.75. The largest absolute Gasteiger partial charge is 0.466 e. The first-order valence-corrected chi connectivity index (χ1v) is 9.02. The molecule has 1 N–H and O–H groups in total. The van der Waals surface area contributed by atoms with Crippen LogP contribution in [0.1, 0.15) is 38.2 Å². The number of hydrogen-bond acceptors (Lipinski definition) is 3. The minimum Gasteiger partial charge on any atom is -0.466 e. The van der Waals surface area contributed by atoms with E-state index in [1.165, 1.54) is 6.07 Å². The Morgan fingerprint density at radius 3 is 2.92 bits per heavy atom. The van der Waals surface area contributed by atoms with E-state index < -0.39 is 0 Å². The van der Waals surface area contributed by atoms with Crippen LogP contribution in [0.2, 0.25) is 0 Å². The van der Waals surface area contributed by atoms with Gasteiger partial charge in [0.1, 0.15) is 5.82 Å². The molecule has 1 heterocycles. The number of nitrogens with one attached hydrogen (secondary N) is 1. The summed E-state index contributed by atoms with van der Waals surface area (Å²) in [6, 6.07) is 6.71. The molecule has 1 aliphatic rings. The van der Waals surface area contributed by atoms with Crippen LogP contribution in [0.3, 0.4) is 0 Å². The van der Waals surface area contributed by atoms with Crippen LogP contribution in [-0.2, 0) is 16.0 Å². The van der Waals surface area contributed by atoms with Crippen molar-refractivity contribution in [3.63, 3.8) is 0 Å². The fourth-order valence-electron chi connectivity index (χ4n) is 3.16. The molecule has 2 amide bonds. The number of ether oxygens (including phenoxy) is 1. The lowest BCUT2D eigenvalue weighted by Gasteiger charge is -2.33. The Hall–Kier alpha value is -2.11. The van der Waals surface area contributed by atoms with Gasteiger partial charge in [-0.25, -0.2) is 9.18 Å². The van der Waals surface area contributed by atoms with Gasteiger partial charge in [-0.1, -0.05) is 18.2 Å². The zero-order valence-corrected chi connectivity index (χ0v) is 14.8. The summed E-state index contributed by atoms with van der Waals surface area (Å²) >= 11 is 0. The Bertz CT molecular complexity index is 580.